The molecule has 2 fully saturated rings. The summed E-state index contributed by atoms with van der Waals surface area (Å²) in [6.07, 6.45) is 2.36. The molecule has 0 spiro atoms. The first-order valence-corrected chi connectivity index (χ1v) is 8.57. The summed E-state index contributed by atoms with van der Waals surface area (Å²) in [7, 11) is 0. The molecule has 2 saturated heterocycles. The zero-order valence-electron chi connectivity index (χ0n) is 14.6. The van der Waals surface area contributed by atoms with Gasteiger partial charge in [-0.15, -0.1) is 0 Å². The van der Waals surface area contributed by atoms with Gasteiger partial charge < -0.3 is 9.80 Å². The summed E-state index contributed by atoms with van der Waals surface area (Å²) in [5.41, 5.74) is -0.318. The first-order chi connectivity index (χ1) is 10.3. The number of hydrogen-bond acceptors (Lipinski definition) is 3. The molecule has 2 amide bonds. The molecule has 2 aliphatic rings. The molecule has 2 aliphatic heterocycles. The summed E-state index contributed by atoms with van der Waals surface area (Å²) in [5.74, 6) is 1.09. The van der Waals surface area contributed by atoms with E-state index >= 15 is 0 Å². The van der Waals surface area contributed by atoms with Crippen LogP contribution in [0.15, 0.2) is 0 Å². The number of hydrogen-bond donors (Lipinski definition) is 0. The number of carbonyl (C=O) groups is 2. The van der Waals surface area contributed by atoms with Gasteiger partial charge in [0.2, 0.25) is 11.8 Å². The fourth-order valence-electron chi connectivity index (χ4n) is 3.29. The highest BCUT2D eigenvalue weighted by Gasteiger charge is 2.30. The second kappa shape index (κ2) is 6.99. The van der Waals surface area contributed by atoms with Crippen LogP contribution in [0.3, 0.4) is 0 Å². The quantitative estimate of drug-likeness (QED) is 0.775. The summed E-state index contributed by atoms with van der Waals surface area (Å²) in [6.45, 7) is 13.5. The van der Waals surface area contributed by atoms with Crippen LogP contribution in [0.4, 0.5) is 0 Å². The highest BCUT2D eigenvalue weighted by atomic mass is 16.2. The Bertz CT molecular complexity index is 409. The number of piperazine rings is 1. The maximum Gasteiger partial charge on any atom is 0.236 e. The smallest absolute Gasteiger partial charge is 0.236 e. The fourth-order valence-corrected chi connectivity index (χ4v) is 3.29. The lowest BCUT2D eigenvalue weighted by Gasteiger charge is -2.38. The van der Waals surface area contributed by atoms with E-state index in [4.69, 9.17) is 0 Å². The third-order valence-electron chi connectivity index (χ3n) is 4.67. The average molecular weight is 309 g/mol. The van der Waals surface area contributed by atoms with Crippen molar-refractivity contribution in [1.29, 1.82) is 0 Å². The Morgan fingerprint density at radius 3 is 2.18 bits per heavy atom. The number of amides is 2. The zero-order chi connectivity index (χ0) is 16.3. The second-order valence-electron chi connectivity index (χ2n) is 7.91. The van der Waals surface area contributed by atoms with E-state index in [-0.39, 0.29) is 17.2 Å². The predicted octanol–water partition coefficient (Wildman–Crippen LogP) is 1.44. The van der Waals surface area contributed by atoms with Crippen molar-refractivity contribution in [3.63, 3.8) is 0 Å². The molecule has 1 atom stereocenters. The van der Waals surface area contributed by atoms with Gasteiger partial charge in [-0.05, 0) is 18.8 Å². The molecule has 1 unspecified atom stereocenters. The van der Waals surface area contributed by atoms with Crippen molar-refractivity contribution in [3.8, 4) is 0 Å². The molecule has 0 aromatic carbocycles. The number of nitrogens with zero attached hydrogens (tertiary/aromatic N) is 3. The van der Waals surface area contributed by atoms with Crippen molar-refractivity contribution in [1.82, 2.24) is 14.7 Å². The highest BCUT2D eigenvalue weighted by molar-refractivity contribution is 5.81. The van der Waals surface area contributed by atoms with Gasteiger partial charge in [0.15, 0.2) is 0 Å². The van der Waals surface area contributed by atoms with E-state index in [2.05, 4.69) is 11.8 Å². The van der Waals surface area contributed by atoms with E-state index in [0.717, 1.165) is 45.7 Å². The van der Waals surface area contributed by atoms with Gasteiger partial charge in [0.1, 0.15) is 0 Å². The van der Waals surface area contributed by atoms with Gasteiger partial charge in [0, 0.05) is 44.7 Å². The van der Waals surface area contributed by atoms with E-state index in [9.17, 15) is 9.59 Å². The molecule has 0 aliphatic carbocycles. The molecule has 22 heavy (non-hydrogen) atoms. The average Bonchev–Trinajstić information content (AvgIpc) is 2.46. The minimum Gasteiger partial charge on any atom is -0.341 e. The van der Waals surface area contributed by atoms with Gasteiger partial charge >= 0.3 is 0 Å². The van der Waals surface area contributed by atoms with Crippen LogP contribution in [-0.2, 0) is 9.59 Å². The van der Waals surface area contributed by atoms with Crippen LogP contribution >= 0.6 is 0 Å². The Hall–Kier alpha value is -1.10. The lowest BCUT2D eigenvalue weighted by Crippen LogP contribution is -2.54. The number of rotatable bonds is 2. The third kappa shape index (κ3) is 4.45. The molecule has 5 heteroatoms. The van der Waals surface area contributed by atoms with Crippen molar-refractivity contribution in [2.24, 2.45) is 11.3 Å². The summed E-state index contributed by atoms with van der Waals surface area (Å²) in [6, 6.07) is 0. The van der Waals surface area contributed by atoms with Crippen LogP contribution in [-0.4, -0.2) is 72.3 Å². The van der Waals surface area contributed by atoms with Crippen molar-refractivity contribution >= 4 is 11.8 Å². The molecule has 0 radical (unpaired) electrons. The van der Waals surface area contributed by atoms with Crippen LogP contribution in [0.1, 0.15) is 40.5 Å². The van der Waals surface area contributed by atoms with E-state index in [1.54, 1.807) is 0 Å². The van der Waals surface area contributed by atoms with E-state index in [0.29, 0.717) is 12.5 Å². The topological polar surface area (TPSA) is 43.9 Å². The molecule has 126 valence electrons. The third-order valence-corrected chi connectivity index (χ3v) is 4.67. The zero-order valence-corrected chi connectivity index (χ0v) is 14.6. The van der Waals surface area contributed by atoms with Crippen LogP contribution in [0.2, 0.25) is 0 Å². The largest absolute Gasteiger partial charge is 0.341 e. The Morgan fingerprint density at radius 2 is 1.64 bits per heavy atom. The molecule has 0 aromatic heterocycles. The number of carbonyl (C=O) groups excluding carboxylic acids is 2. The van der Waals surface area contributed by atoms with Gasteiger partial charge in [-0.1, -0.05) is 27.7 Å². The molecule has 5 nitrogen and oxygen atoms in total. The molecule has 0 aromatic rings. The molecule has 0 bridgehead atoms. The molecular weight excluding hydrogens is 278 g/mol. The predicted molar refractivity (Wildman–Crippen MR) is 87.5 cm³/mol. The SMILES string of the molecule is CC1CCCN(C(=O)CN2CCN(C(=O)C(C)(C)C)CC2)C1. The van der Waals surface area contributed by atoms with Crippen molar-refractivity contribution in [2.75, 3.05) is 45.8 Å². The van der Waals surface area contributed by atoms with Gasteiger partial charge in [-0.25, -0.2) is 0 Å². The van der Waals surface area contributed by atoms with E-state index in [1.807, 2.05) is 30.6 Å². The van der Waals surface area contributed by atoms with E-state index in [1.165, 1.54) is 6.42 Å². The summed E-state index contributed by atoms with van der Waals surface area (Å²) >= 11 is 0. The maximum atomic E-state index is 12.4. The van der Waals surface area contributed by atoms with Crippen LogP contribution < -0.4 is 0 Å². The van der Waals surface area contributed by atoms with Crippen LogP contribution in [0.5, 0.6) is 0 Å². The maximum absolute atomic E-state index is 12.4. The molecule has 0 saturated carbocycles. The molecule has 0 N–H and O–H groups in total. The summed E-state index contributed by atoms with van der Waals surface area (Å²) < 4.78 is 0. The van der Waals surface area contributed by atoms with Gasteiger partial charge in [0.05, 0.1) is 6.54 Å². The highest BCUT2D eigenvalue weighted by Crippen LogP contribution is 2.19. The van der Waals surface area contributed by atoms with Crippen LogP contribution in [0.25, 0.3) is 0 Å². The lowest BCUT2D eigenvalue weighted by atomic mass is 9.94. The van der Waals surface area contributed by atoms with Gasteiger partial charge in [-0.3, -0.25) is 14.5 Å². The summed E-state index contributed by atoms with van der Waals surface area (Å²) in [5, 5.41) is 0. The van der Waals surface area contributed by atoms with Crippen molar-refractivity contribution in [2.45, 2.75) is 40.5 Å². The minimum absolute atomic E-state index is 0.211. The number of likely N-dealkylation sites (tertiary alicyclic amines) is 1. The summed E-state index contributed by atoms with van der Waals surface area (Å²) in [4.78, 5) is 30.8. The Balaban J connectivity index is 1.77. The first kappa shape index (κ1) is 17.3. The van der Waals surface area contributed by atoms with Gasteiger partial charge in [-0.2, -0.15) is 0 Å². The second-order valence-corrected chi connectivity index (χ2v) is 7.91. The standard InChI is InChI=1S/C17H31N3O2/c1-14-6-5-7-20(12-14)15(21)13-18-8-10-19(11-9-18)16(22)17(2,3)4/h14H,5-13H2,1-4H3. The van der Waals surface area contributed by atoms with Crippen molar-refractivity contribution < 1.29 is 9.59 Å². The lowest BCUT2D eigenvalue weighted by molar-refractivity contribution is -0.142. The monoisotopic (exact) mass is 309 g/mol. The molecule has 2 rings (SSSR count). The normalized spacial score (nSPS) is 24.5. The molecular formula is C17H31N3O2. The van der Waals surface area contributed by atoms with Crippen LogP contribution in [0, 0.1) is 11.3 Å². The Kier molecular flexibility index (Phi) is 5.48. The minimum atomic E-state index is -0.318. The Morgan fingerprint density at radius 1 is 1.00 bits per heavy atom. The Labute approximate surface area is 134 Å². The van der Waals surface area contributed by atoms with Gasteiger partial charge in [0.25, 0.3) is 0 Å². The first-order valence-electron chi connectivity index (χ1n) is 8.57. The van der Waals surface area contributed by atoms with E-state index < -0.39 is 0 Å². The molecule has 2 heterocycles. The number of piperidine rings is 1. The van der Waals surface area contributed by atoms with Crippen molar-refractivity contribution in [3.05, 3.63) is 0 Å². The fraction of sp³-hybridized carbons (Fsp3) is 0.882.